The maximum absolute atomic E-state index is 11.1. The van der Waals surface area contributed by atoms with Crippen LogP contribution < -0.4 is 0 Å². The third-order valence-electron chi connectivity index (χ3n) is 3.11. The van der Waals surface area contributed by atoms with Gasteiger partial charge in [-0.15, -0.1) is 0 Å². The van der Waals surface area contributed by atoms with Gasteiger partial charge in [-0.05, 0) is 42.5 Å². The Hall–Kier alpha value is -1.29. The Bertz CT molecular complexity index is 674. The summed E-state index contributed by atoms with van der Waals surface area (Å²) in [5.41, 5.74) is 1.68. The number of hydrogen-bond donors (Lipinski definition) is 1. The highest BCUT2D eigenvalue weighted by atomic mass is 35.5. The van der Waals surface area contributed by atoms with Gasteiger partial charge in [-0.25, -0.2) is 9.78 Å². The number of benzene rings is 1. The van der Waals surface area contributed by atoms with Crippen molar-refractivity contribution in [2.45, 2.75) is 19.3 Å². The summed E-state index contributed by atoms with van der Waals surface area (Å²) in [4.78, 5) is 15.2. The Balaban J connectivity index is 2.09. The fraction of sp³-hybridized carbons (Fsp3) is 0.200. The van der Waals surface area contributed by atoms with Crippen LogP contribution in [0.1, 0.15) is 27.9 Å². The second-order valence-corrected chi connectivity index (χ2v) is 5.65. The molecule has 0 fully saturated rings. The Kier molecular flexibility index (Phi) is 5.45. The predicted molar refractivity (Wildman–Crippen MR) is 84.7 cm³/mol. The standard InChI is InChI=1S/C15H12Cl3NO2/c16-11-7-6-9(13(17)12(11)15(20)21)3-1-4-10-5-2-8-19-14(10)18/h2,5-8H,1,3-4H2,(H,20,21). The molecule has 0 aliphatic rings. The van der Waals surface area contributed by atoms with E-state index in [-0.39, 0.29) is 15.6 Å². The number of nitrogens with zero attached hydrogens (tertiary/aromatic N) is 1. The number of aromatic carboxylic acids is 1. The fourth-order valence-corrected chi connectivity index (χ4v) is 2.90. The molecule has 3 nitrogen and oxygen atoms in total. The number of halogens is 3. The van der Waals surface area contributed by atoms with Crippen molar-refractivity contribution < 1.29 is 9.90 Å². The third-order valence-corrected chi connectivity index (χ3v) is 4.20. The van der Waals surface area contributed by atoms with Crippen LogP contribution in [0.5, 0.6) is 0 Å². The first-order valence-corrected chi connectivity index (χ1v) is 7.43. The first kappa shape index (κ1) is 16.1. The number of aromatic nitrogens is 1. The van der Waals surface area contributed by atoms with E-state index in [2.05, 4.69) is 4.98 Å². The first-order chi connectivity index (χ1) is 10.0. The summed E-state index contributed by atoms with van der Waals surface area (Å²) in [6, 6.07) is 7.06. The minimum Gasteiger partial charge on any atom is -0.478 e. The average Bonchev–Trinajstić information content (AvgIpc) is 2.43. The SMILES string of the molecule is O=C(O)c1c(Cl)ccc(CCCc2cccnc2Cl)c1Cl. The lowest BCUT2D eigenvalue weighted by atomic mass is 10.0. The Labute approximate surface area is 137 Å². The van der Waals surface area contributed by atoms with Gasteiger partial charge in [-0.3, -0.25) is 0 Å². The Morgan fingerprint density at radius 1 is 1.10 bits per heavy atom. The van der Waals surface area contributed by atoms with Crippen molar-refractivity contribution in [1.29, 1.82) is 0 Å². The molecule has 1 heterocycles. The van der Waals surface area contributed by atoms with Gasteiger partial charge in [0, 0.05) is 6.20 Å². The summed E-state index contributed by atoms with van der Waals surface area (Å²) in [7, 11) is 0. The quantitative estimate of drug-likeness (QED) is 0.784. The molecule has 1 N–H and O–H groups in total. The lowest BCUT2D eigenvalue weighted by Gasteiger charge is -2.09. The fourth-order valence-electron chi connectivity index (χ4n) is 2.06. The molecule has 0 bridgehead atoms. The minimum atomic E-state index is -1.12. The molecule has 0 saturated carbocycles. The normalized spacial score (nSPS) is 10.6. The summed E-state index contributed by atoms with van der Waals surface area (Å²) < 4.78 is 0. The minimum absolute atomic E-state index is 0.0461. The maximum atomic E-state index is 11.1. The molecule has 2 aromatic rings. The molecule has 0 spiro atoms. The van der Waals surface area contributed by atoms with Crippen LogP contribution in [0.2, 0.25) is 15.2 Å². The van der Waals surface area contributed by atoms with Crippen molar-refractivity contribution in [2.24, 2.45) is 0 Å². The molecular formula is C15H12Cl3NO2. The largest absolute Gasteiger partial charge is 0.478 e. The second kappa shape index (κ2) is 7.12. The molecule has 110 valence electrons. The first-order valence-electron chi connectivity index (χ1n) is 6.30. The highest BCUT2D eigenvalue weighted by Crippen LogP contribution is 2.29. The lowest BCUT2D eigenvalue weighted by Crippen LogP contribution is -2.02. The molecular weight excluding hydrogens is 333 g/mol. The van der Waals surface area contributed by atoms with Gasteiger partial charge >= 0.3 is 5.97 Å². The van der Waals surface area contributed by atoms with Crippen LogP contribution in [0.4, 0.5) is 0 Å². The molecule has 0 amide bonds. The van der Waals surface area contributed by atoms with Crippen LogP contribution in [-0.4, -0.2) is 16.1 Å². The number of carboxylic acid groups (broad SMARTS) is 1. The molecule has 0 aliphatic heterocycles. The van der Waals surface area contributed by atoms with Gasteiger partial charge in [0.05, 0.1) is 15.6 Å². The Morgan fingerprint density at radius 2 is 1.81 bits per heavy atom. The smallest absolute Gasteiger partial charge is 0.338 e. The second-order valence-electron chi connectivity index (χ2n) is 4.51. The zero-order valence-corrected chi connectivity index (χ0v) is 13.2. The highest BCUT2D eigenvalue weighted by molar-refractivity contribution is 6.39. The van der Waals surface area contributed by atoms with Crippen LogP contribution in [0.3, 0.4) is 0 Å². The molecule has 21 heavy (non-hydrogen) atoms. The van der Waals surface area contributed by atoms with Gasteiger partial charge in [-0.1, -0.05) is 46.9 Å². The number of pyridine rings is 1. The van der Waals surface area contributed by atoms with E-state index in [1.165, 1.54) is 0 Å². The zero-order chi connectivity index (χ0) is 15.4. The molecule has 1 aromatic carbocycles. The molecule has 0 aliphatic carbocycles. The van der Waals surface area contributed by atoms with Crippen molar-refractivity contribution in [2.75, 3.05) is 0 Å². The van der Waals surface area contributed by atoms with E-state index in [0.717, 1.165) is 24.0 Å². The monoisotopic (exact) mass is 343 g/mol. The summed E-state index contributed by atoms with van der Waals surface area (Å²) in [6.45, 7) is 0. The van der Waals surface area contributed by atoms with Crippen LogP contribution in [-0.2, 0) is 12.8 Å². The van der Waals surface area contributed by atoms with Crippen molar-refractivity contribution in [3.05, 3.63) is 62.4 Å². The molecule has 0 radical (unpaired) electrons. The molecule has 2 rings (SSSR count). The zero-order valence-electron chi connectivity index (χ0n) is 10.9. The number of carbonyl (C=O) groups is 1. The summed E-state index contributed by atoms with van der Waals surface area (Å²) in [5.74, 6) is -1.12. The number of rotatable bonds is 5. The Morgan fingerprint density at radius 3 is 2.48 bits per heavy atom. The van der Waals surface area contributed by atoms with Gasteiger partial charge in [0.2, 0.25) is 0 Å². The molecule has 0 saturated heterocycles. The molecule has 1 aromatic heterocycles. The average molecular weight is 345 g/mol. The van der Waals surface area contributed by atoms with Gasteiger partial charge in [-0.2, -0.15) is 0 Å². The van der Waals surface area contributed by atoms with E-state index < -0.39 is 5.97 Å². The van der Waals surface area contributed by atoms with Crippen LogP contribution >= 0.6 is 34.8 Å². The number of aryl methyl sites for hydroxylation is 2. The van der Waals surface area contributed by atoms with E-state index in [9.17, 15) is 4.79 Å². The molecule has 0 atom stereocenters. The van der Waals surface area contributed by atoms with E-state index >= 15 is 0 Å². The van der Waals surface area contributed by atoms with E-state index in [0.29, 0.717) is 11.6 Å². The third kappa shape index (κ3) is 3.88. The van der Waals surface area contributed by atoms with Gasteiger partial charge in [0.25, 0.3) is 0 Å². The van der Waals surface area contributed by atoms with Crippen molar-refractivity contribution >= 4 is 40.8 Å². The molecule has 6 heteroatoms. The highest BCUT2D eigenvalue weighted by Gasteiger charge is 2.16. The van der Waals surface area contributed by atoms with Gasteiger partial charge in [0.1, 0.15) is 5.15 Å². The summed E-state index contributed by atoms with van der Waals surface area (Å²) in [6.07, 6.45) is 3.81. The van der Waals surface area contributed by atoms with Crippen LogP contribution in [0, 0.1) is 0 Å². The van der Waals surface area contributed by atoms with Crippen molar-refractivity contribution in [1.82, 2.24) is 4.98 Å². The summed E-state index contributed by atoms with van der Waals surface area (Å²) in [5, 5.41) is 9.95. The topological polar surface area (TPSA) is 50.2 Å². The lowest BCUT2D eigenvalue weighted by molar-refractivity contribution is 0.0697. The van der Waals surface area contributed by atoms with E-state index in [1.807, 2.05) is 12.1 Å². The molecule has 0 unspecified atom stereocenters. The van der Waals surface area contributed by atoms with E-state index in [4.69, 9.17) is 39.9 Å². The maximum Gasteiger partial charge on any atom is 0.338 e. The van der Waals surface area contributed by atoms with Crippen LogP contribution in [0.15, 0.2) is 30.5 Å². The predicted octanol–water partition coefficient (Wildman–Crippen LogP) is 4.92. The van der Waals surface area contributed by atoms with Crippen LogP contribution in [0.25, 0.3) is 0 Å². The van der Waals surface area contributed by atoms with Crippen molar-refractivity contribution in [3.63, 3.8) is 0 Å². The summed E-state index contributed by atoms with van der Waals surface area (Å²) >= 11 is 18.0. The number of carboxylic acids is 1. The van der Waals surface area contributed by atoms with Gasteiger partial charge in [0.15, 0.2) is 0 Å². The van der Waals surface area contributed by atoms with Gasteiger partial charge < -0.3 is 5.11 Å². The van der Waals surface area contributed by atoms with Crippen molar-refractivity contribution in [3.8, 4) is 0 Å². The number of hydrogen-bond acceptors (Lipinski definition) is 2. The van der Waals surface area contributed by atoms with E-state index in [1.54, 1.807) is 18.3 Å².